The van der Waals surface area contributed by atoms with Crippen LogP contribution in [0.25, 0.3) is 0 Å². The highest BCUT2D eigenvalue weighted by Gasteiger charge is 2.20. The molecule has 1 fully saturated rings. The number of rotatable bonds is 5. The van der Waals surface area contributed by atoms with E-state index in [2.05, 4.69) is 38.0 Å². The predicted octanol–water partition coefficient (Wildman–Crippen LogP) is 0.786. The molecule has 1 rings (SSSR count). The van der Waals surface area contributed by atoms with Gasteiger partial charge < -0.3 is 15.1 Å². The Bertz CT molecular complexity index is 245. The molecule has 0 bridgehead atoms. The fourth-order valence-corrected chi connectivity index (χ4v) is 1.80. The van der Waals surface area contributed by atoms with E-state index in [4.69, 9.17) is 0 Å². The fourth-order valence-electron chi connectivity index (χ4n) is 1.80. The molecule has 1 saturated heterocycles. The lowest BCUT2D eigenvalue weighted by Crippen LogP contribution is -2.50. The van der Waals surface area contributed by atoms with Gasteiger partial charge in [-0.15, -0.1) is 0 Å². The van der Waals surface area contributed by atoms with Crippen molar-refractivity contribution in [3.63, 3.8) is 0 Å². The molecular formula is C13H27N3O. The molecular weight excluding hydrogens is 214 g/mol. The number of carbonyl (C=O) groups is 1. The Balaban J connectivity index is 2.21. The maximum atomic E-state index is 11.9. The summed E-state index contributed by atoms with van der Waals surface area (Å²) < 4.78 is 0. The highest BCUT2D eigenvalue weighted by atomic mass is 16.2. The Morgan fingerprint density at radius 2 is 1.82 bits per heavy atom. The quantitative estimate of drug-likeness (QED) is 0.773. The molecule has 100 valence electrons. The summed E-state index contributed by atoms with van der Waals surface area (Å²) in [4.78, 5) is 16.1. The molecule has 4 heteroatoms. The molecule has 1 amide bonds. The van der Waals surface area contributed by atoms with Crippen LogP contribution >= 0.6 is 0 Å². The van der Waals surface area contributed by atoms with Crippen molar-refractivity contribution >= 4 is 5.91 Å². The van der Waals surface area contributed by atoms with Gasteiger partial charge in [0, 0.05) is 32.7 Å². The highest BCUT2D eigenvalue weighted by molar-refractivity contribution is 5.78. The monoisotopic (exact) mass is 241 g/mol. The topological polar surface area (TPSA) is 35.6 Å². The number of piperazine rings is 1. The van der Waals surface area contributed by atoms with E-state index in [9.17, 15) is 4.79 Å². The van der Waals surface area contributed by atoms with Crippen molar-refractivity contribution in [2.75, 3.05) is 46.3 Å². The summed E-state index contributed by atoms with van der Waals surface area (Å²) >= 11 is 0. The SMILES string of the molecule is CCC(C)(C)CNCC(=O)N1CCN(C)CC1. The van der Waals surface area contributed by atoms with Crippen LogP contribution in [0, 0.1) is 5.41 Å². The minimum Gasteiger partial charge on any atom is -0.339 e. The zero-order chi connectivity index (χ0) is 12.9. The van der Waals surface area contributed by atoms with E-state index < -0.39 is 0 Å². The lowest BCUT2D eigenvalue weighted by Gasteiger charge is -2.33. The highest BCUT2D eigenvalue weighted by Crippen LogP contribution is 2.17. The molecule has 0 unspecified atom stereocenters. The van der Waals surface area contributed by atoms with Crippen molar-refractivity contribution in [2.45, 2.75) is 27.2 Å². The Morgan fingerprint density at radius 1 is 1.24 bits per heavy atom. The first-order valence-electron chi connectivity index (χ1n) is 6.61. The van der Waals surface area contributed by atoms with Crippen molar-refractivity contribution in [3.05, 3.63) is 0 Å². The Morgan fingerprint density at radius 3 is 2.35 bits per heavy atom. The number of nitrogens with zero attached hydrogens (tertiary/aromatic N) is 2. The molecule has 1 heterocycles. The minimum absolute atomic E-state index is 0.241. The van der Waals surface area contributed by atoms with Crippen LogP contribution in [0.5, 0.6) is 0 Å². The molecule has 0 atom stereocenters. The third-order valence-electron chi connectivity index (χ3n) is 3.69. The van der Waals surface area contributed by atoms with E-state index in [1.165, 1.54) is 0 Å². The number of likely N-dealkylation sites (N-methyl/N-ethyl adjacent to an activating group) is 1. The van der Waals surface area contributed by atoms with Crippen LogP contribution in [-0.2, 0) is 4.79 Å². The second-order valence-corrected chi connectivity index (χ2v) is 5.81. The van der Waals surface area contributed by atoms with Crippen LogP contribution in [0.4, 0.5) is 0 Å². The smallest absolute Gasteiger partial charge is 0.236 e. The van der Waals surface area contributed by atoms with Gasteiger partial charge in [-0.05, 0) is 18.9 Å². The largest absolute Gasteiger partial charge is 0.339 e. The van der Waals surface area contributed by atoms with Crippen LogP contribution in [0.15, 0.2) is 0 Å². The van der Waals surface area contributed by atoms with Crippen LogP contribution in [-0.4, -0.2) is 62.0 Å². The summed E-state index contributed by atoms with van der Waals surface area (Å²) in [7, 11) is 2.10. The summed E-state index contributed by atoms with van der Waals surface area (Å²) in [5.41, 5.74) is 0.280. The lowest BCUT2D eigenvalue weighted by atomic mass is 9.90. The molecule has 0 aromatic rings. The predicted molar refractivity (Wildman–Crippen MR) is 71.0 cm³/mol. The first kappa shape index (κ1) is 14.5. The van der Waals surface area contributed by atoms with Crippen LogP contribution in [0.2, 0.25) is 0 Å². The lowest BCUT2D eigenvalue weighted by molar-refractivity contribution is -0.131. The molecule has 17 heavy (non-hydrogen) atoms. The number of carbonyl (C=O) groups excluding carboxylic acids is 1. The van der Waals surface area contributed by atoms with Crippen molar-refractivity contribution in [2.24, 2.45) is 5.41 Å². The van der Waals surface area contributed by atoms with E-state index in [1.54, 1.807) is 0 Å². The summed E-state index contributed by atoms with van der Waals surface area (Å²) in [6, 6.07) is 0. The van der Waals surface area contributed by atoms with Gasteiger partial charge in [0.2, 0.25) is 5.91 Å². The molecule has 0 aliphatic carbocycles. The van der Waals surface area contributed by atoms with Gasteiger partial charge in [0.1, 0.15) is 0 Å². The molecule has 4 nitrogen and oxygen atoms in total. The van der Waals surface area contributed by atoms with E-state index in [0.29, 0.717) is 6.54 Å². The molecule has 0 saturated carbocycles. The molecule has 1 aliphatic rings. The fraction of sp³-hybridized carbons (Fsp3) is 0.923. The third-order valence-corrected chi connectivity index (χ3v) is 3.69. The maximum Gasteiger partial charge on any atom is 0.236 e. The summed E-state index contributed by atoms with van der Waals surface area (Å²) in [6.07, 6.45) is 1.13. The molecule has 0 spiro atoms. The maximum absolute atomic E-state index is 11.9. The zero-order valence-electron chi connectivity index (χ0n) is 11.8. The van der Waals surface area contributed by atoms with Crippen molar-refractivity contribution < 1.29 is 4.79 Å². The van der Waals surface area contributed by atoms with Gasteiger partial charge >= 0.3 is 0 Å². The van der Waals surface area contributed by atoms with Gasteiger partial charge in [0.25, 0.3) is 0 Å². The average Bonchev–Trinajstić information content (AvgIpc) is 2.29. The standard InChI is InChI=1S/C13H27N3O/c1-5-13(2,3)11-14-10-12(17)16-8-6-15(4)7-9-16/h14H,5-11H2,1-4H3. The van der Waals surface area contributed by atoms with Crippen LogP contribution < -0.4 is 5.32 Å². The third kappa shape index (κ3) is 5.04. The minimum atomic E-state index is 0.241. The van der Waals surface area contributed by atoms with Crippen LogP contribution in [0.3, 0.4) is 0 Å². The average molecular weight is 241 g/mol. The molecule has 1 aliphatic heterocycles. The van der Waals surface area contributed by atoms with E-state index in [-0.39, 0.29) is 11.3 Å². The zero-order valence-corrected chi connectivity index (χ0v) is 11.8. The Kier molecular flexibility index (Phi) is 5.40. The molecule has 0 radical (unpaired) electrons. The van der Waals surface area contributed by atoms with Gasteiger partial charge in [-0.1, -0.05) is 20.8 Å². The molecule has 0 aromatic carbocycles. The van der Waals surface area contributed by atoms with Gasteiger partial charge in [-0.3, -0.25) is 4.79 Å². The summed E-state index contributed by atoms with van der Waals surface area (Å²) in [6.45, 7) is 11.7. The van der Waals surface area contributed by atoms with E-state index >= 15 is 0 Å². The van der Waals surface area contributed by atoms with Gasteiger partial charge in [-0.25, -0.2) is 0 Å². The Labute approximate surface area is 105 Å². The summed E-state index contributed by atoms with van der Waals surface area (Å²) in [5.74, 6) is 0.241. The first-order valence-corrected chi connectivity index (χ1v) is 6.61. The normalized spacial score (nSPS) is 18.5. The van der Waals surface area contributed by atoms with E-state index in [1.807, 2.05) is 4.90 Å². The second-order valence-electron chi connectivity index (χ2n) is 5.81. The molecule has 0 aromatic heterocycles. The van der Waals surface area contributed by atoms with Crippen molar-refractivity contribution in [3.8, 4) is 0 Å². The van der Waals surface area contributed by atoms with Crippen molar-refractivity contribution in [1.29, 1.82) is 0 Å². The summed E-state index contributed by atoms with van der Waals surface area (Å²) in [5, 5.41) is 3.28. The van der Waals surface area contributed by atoms with Gasteiger partial charge in [0.15, 0.2) is 0 Å². The van der Waals surface area contributed by atoms with Crippen LogP contribution in [0.1, 0.15) is 27.2 Å². The number of hydrogen-bond donors (Lipinski definition) is 1. The van der Waals surface area contributed by atoms with Crippen molar-refractivity contribution in [1.82, 2.24) is 15.1 Å². The second kappa shape index (κ2) is 6.36. The number of hydrogen-bond acceptors (Lipinski definition) is 3. The van der Waals surface area contributed by atoms with Gasteiger partial charge in [0.05, 0.1) is 6.54 Å². The Hall–Kier alpha value is -0.610. The van der Waals surface area contributed by atoms with E-state index in [0.717, 1.165) is 39.1 Å². The first-order chi connectivity index (χ1) is 7.94. The number of nitrogens with one attached hydrogen (secondary N) is 1. The van der Waals surface area contributed by atoms with Gasteiger partial charge in [-0.2, -0.15) is 0 Å². The number of amides is 1. The molecule has 1 N–H and O–H groups in total.